The molecule has 0 radical (unpaired) electrons. The van der Waals surface area contributed by atoms with Crippen molar-refractivity contribution in [1.29, 1.82) is 0 Å². The molecule has 154 valence electrons. The van der Waals surface area contributed by atoms with Crippen molar-refractivity contribution in [1.82, 2.24) is 19.7 Å². The second-order valence-electron chi connectivity index (χ2n) is 6.32. The lowest BCUT2D eigenvalue weighted by Gasteiger charge is -2.12. The number of ether oxygens (including phenoxy) is 1. The number of hydrogen-bond acceptors (Lipinski definition) is 7. The minimum absolute atomic E-state index is 0.147. The number of halogens is 2. The lowest BCUT2D eigenvalue weighted by atomic mass is 10.2. The molecular weight excluding hydrogens is 447 g/mol. The molecule has 0 bridgehead atoms. The van der Waals surface area contributed by atoms with E-state index in [4.69, 9.17) is 32.5 Å². The molecule has 0 unspecified atom stereocenters. The summed E-state index contributed by atoms with van der Waals surface area (Å²) >= 11 is 13.3. The van der Waals surface area contributed by atoms with Gasteiger partial charge in [-0.2, -0.15) is 4.98 Å². The third-order valence-electron chi connectivity index (χ3n) is 4.29. The van der Waals surface area contributed by atoms with Crippen LogP contribution in [-0.4, -0.2) is 33.4 Å². The number of fused-ring (bicyclic) bond motifs is 1. The number of thioether (sulfide) groups is 1. The average molecular weight is 463 g/mol. The first-order valence-corrected chi connectivity index (χ1v) is 10.7. The molecular formula is C20H16Cl2N4O3S. The Kier molecular flexibility index (Phi) is 6.38. The van der Waals surface area contributed by atoms with Crippen LogP contribution in [0.5, 0.6) is 0 Å². The summed E-state index contributed by atoms with van der Waals surface area (Å²) in [6, 6.07) is 12.2. The molecule has 4 aromatic rings. The van der Waals surface area contributed by atoms with Gasteiger partial charge in [0.05, 0.1) is 29.8 Å². The first kappa shape index (κ1) is 20.9. The van der Waals surface area contributed by atoms with Crippen LogP contribution in [0, 0.1) is 0 Å². The SMILES string of the molecule is COCCn1c(SCc2noc(-c3ccc(Cl)cc3)n2)nc2cc(Cl)ccc2c1=O. The summed E-state index contributed by atoms with van der Waals surface area (Å²) in [6.45, 7) is 0.767. The van der Waals surface area contributed by atoms with Gasteiger partial charge in [-0.3, -0.25) is 9.36 Å². The summed E-state index contributed by atoms with van der Waals surface area (Å²) < 4.78 is 12.1. The molecule has 2 aromatic carbocycles. The van der Waals surface area contributed by atoms with Crippen LogP contribution in [-0.2, 0) is 17.0 Å². The zero-order chi connectivity index (χ0) is 21.1. The van der Waals surface area contributed by atoms with Gasteiger partial charge in [0.1, 0.15) is 0 Å². The number of rotatable bonds is 7. The van der Waals surface area contributed by atoms with Crippen molar-refractivity contribution in [2.24, 2.45) is 0 Å². The predicted molar refractivity (Wildman–Crippen MR) is 117 cm³/mol. The van der Waals surface area contributed by atoms with Gasteiger partial charge in [0.2, 0.25) is 0 Å². The van der Waals surface area contributed by atoms with Crippen molar-refractivity contribution >= 4 is 45.9 Å². The molecule has 0 atom stereocenters. The third kappa shape index (κ3) is 4.52. The summed E-state index contributed by atoms with van der Waals surface area (Å²) in [5.74, 6) is 1.27. The van der Waals surface area contributed by atoms with Gasteiger partial charge in [-0.1, -0.05) is 40.1 Å². The third-order valence-corrected chi connectivity index (χ3v) is 5.75. The number of benzene rings is 2. The van der Waals surface area contributed by atoms with Crippen LogP contribution in [0.3, 0.4) is 0 Å². The van der Waals surface area contributed by atoms with Gasteiger partial charge >= 0.3 is 0 Å². The largest absolute Gasteiger partial charge is 0.383 e. The van der Waals surface area contributed by atoms with Crippen LogP contribution >= 0.6 is 35.0 Å². The van der Waals surface area contributed by atoms with E-state index >= 15 is 0 Å². The summed E-state index contributed by atoms with van der Waals surface area (Å²) in [5.41, 5.74) is 1.17. The molecule has 0 spiro atoms. The Morgan fingerprint density at radius 3 is 2.63 bits per heavy atom. The van der Waals surface area contributed by atoms with Crippen LogP contribution in [0.2, 0.25) is 10.0 Å². The molecule has 10 heteroatoms. The Hall–Kier alpha value is -2.39. The fourth-order valence-electron chi connectivity index (χ4n) is 2.82. The highest BCUT2D eigenvalue weighted by Crippen LogP contribution is 2.25. The Morgan fingerprint density at radius 2 is 1.87 bits per heavy atom. The fourth-order valence-corrected chi connectivity index (χ4v) is 3.98. The van der Waals surface area contributed by atoms with Gasteiger partial charge in [0.25, 0.3) is 11.4 Å². The van der Waals surface area contributed by atoms with E-state index in [0.29, 0.717) is 56.7 Å². The van der Waals surface area contributed by atoms with Crippen LogP contribution in [0.1, 0.15) is 5.82 Å². The number of hydrogen-bond donors (Lipinski definition) is 0. The van der Waals surface area contributed by atoms with E-state index in [9.17, 15) is 4.79 Å². The van der Waals surface area contributed by atoms with E-state index in [0.717, 1.165) is 5.56 Å². The summed E-state index contributed by atoms with van der Waals surface area (Å²) in [5, 5.41) is 6.21. The molecule has 2 heterocycles. The number of methoxy groups -OCH3 is 1. The lowest BCUT2D eigenvalue weighted by molar-refractivity contribution is 0.183. The van der Waals surface area contributed by atoms with E-state index in [1.807, 2.05) is 12.1 Å². The van der Waals surface area contributed by atoms with E-state index in [1.165, 1.54) is 11.8 Å². The lowest BCUT2D eigenvalue weighted by Crippen LogP contribution is -2.25. The molecule has 7 nitrogen and oxygen atoms in total. The van der Waals surface area contributed by atoms with Gasteiger partial charge in [0, 0.05) is 22.7 Å². The zero-order valence-electron chi connectivity index (χ0n) is 15.8. The van der Waals surface area contributed by atoms with Crippen molar-refractivity contribution in [3.05, 3.63) is 68.7 Å². The molecule has 4 rings (SSSR count). The standard InChI is InChI=1S/C20H16Cl2N4O3S/c1-28-9-8-26-19(27)15-7-6-14(22)10-16(15)23-20(26)30-11-17-24-18(29-25-17)12-2-4-13(21)5-3-12/h2-7,10H,8-9,11H2,1H3. The molecule has 0 aliphatic rings. The molecule has 0 saturated carbocycles. The maximum Gasteiger partial charge on any atom is 0.262 e. The average Bonchev–Trinajstić information content (AvgIpc) is 3.21. The molecule has 0 aliphatic carbocycles. The Balaban J connectivity index is 1.61. The maximum atomic E-state index is 12.9. The van der Waals surface area contributed by atoms with Crippen molar-refractivity contribution in [2.45, 2.75) is 17.5 Å². The van der Waals surface area contributed by atoms with Gasteiger partial charge < -0.3 is 9.26 Å². The van der Waals surface area contributed by atoms with Crippen molar-refractivity contribution < 1.29 is 9.26 Å². The van der Waals surface area contributed by atoms with Crippen molar-refractivity contribution in [3.63, 3.8) is 0 Å². The highest BCUT2D eigenvalue weighted by molar-refractivity contribution is 7.98. The van der Waals surface area contributed by atoms with E-state index in [-0.39, 0.29) is 5.56 Å². The molecule has 30 heavy (non-hydrogen) atoms. The molecule has 0 N–H and O–H groups in total. The quantitative estimate of drug-likeness (QED) is 0.290. The summed E-state index contributed by atoms with van der Waals surface area (Å²) in [4.78, 5) is 22.0. The second kappa shape index (κ2) is 9.18. The fraction of sp³-hybridized carbons (Fsp3) is 0.200. The van der Waals surface area contributed by atoms with Crippen molar-refractivity contribution in [2.75, 3.05) is 13.7 Å². The monoisotopic (exact) mass is 462 g/mol. The predicted octanol–water partition coefficient (Wildman–Crippen LogP) is 4.69. The molecule has 0 saturated heterocycles. The minimum atomic E-state index is -0.147. The van der Waals surface area contributed by atoms with Crippen molar-refractivity contribution in [3.8, 4) is 11.5 Å². The van der Waals surface area contributed by atoms with Crippen LogP contribution < -0.4 is 5.56 Å². The molecule has 0 fully saturated rings. The van der Waals surface area contributed by atoms with Gasteiger partial charge in [-0.25, -0.2) is 4.98 Å². The Bertz CT molecular complexity index is 1240. The molecule has 0 aliphatic heterocycles. The minimum Gasteiger partial charge on any atom is -0.383 e. The first-order chi connectivity index (χ1) is 14.5. The van der Waals surface area contributed by atoms with E-state index in [1.54, 1.807) is 42.0 Å². The second-order valence-corrected chi connectivity index (χ2v) is 8.13. The Morgan fingerprint density at radius 1 is 1.10 bits per heavy atom. The summed E-state index contributed by atoms with van der Waals surface area (Å²) in [7, 11) is 1.59. The molecule has 0 amide bonds. The van der Waals surface area contributed by atoms with Gasteiger partial charge in [-0.15, -0.1) is 0 Å². The van der Waals surface area contributed by atoms with Crippen LogP contribution in [0.15, 0.2) is 56.9 Å². The summed E-state index contributed by atoms with van der Waals surface area (Å²) in [6.07, 6.45) is 0. The number of nitrogens with zero attached hydrogens (tertiary/aromatic N) is 4. The normalized spacial score (nSPS) is 11.3. The first-order valence-electron chi connectivity index (χ1n) is 8.95. The van der Waals surface area contributed by atoms with Crippen LogP contribution in [0.4, 0.5) is 0 Å². The highest BCUT2D eigenvalue weighted by Gasteiger charge is 2.15. The van der Waals surface area contributed by atoms with Gasteiger partial charge in [-0.05, 0) is 42.5 Å². The topological polar surface area (TPSA) is 83.0 Å². The van der Waals surface area contributed by atoms with E-state index < -0.39 is 0 Å². The van der Waals surface area contributed by atoms with Crippen LogP contribution in [0.25, 0.3) is 22.4 Å². The van der Waals surface area contributed by atoms with E-state index in [2.05, 4.69) is 15.1 Å². The van der Waals surface area contributed by atoms with Gasteiger partial charge in [0.15, 0.2) is 11.0 Å². The molecule has 2 aromatic heterocycles. The highest BCUT2D eigenvalue weighted by atomic mass is 35.5. The Labute approximate surface area is 186 Å². The zero-order valence-corrected chi connectivity index (χ0v) is 18.2. The smallest absolute Gasteiger partial charge is 0.262 e. The maximum absolute atomic E-state index is 12.9. The number of aromatic nitrogens is 4.